The topological polar surface area (TPSA) is 38.3 Å². The molecule has 0 saturated carbocycles. The monoisotopic (exact) mass is 351 g/mol. The van der Waals surface area contributed by atoms with Crippen molar-refractivity contribution in [2.24, 2.45) is 5.92 Å². The van der Waals surface area contributed by atoms with Gasteiger partial charge in [0.15, 0.2) is 0 Å². The Morgan fingerprint density at radius 1 is 1.29 bits per heavy atom. The van der Waals surface area contributed by atoms with Crippen LogP contribution in [0.25, 0.3) is 6.08 Å². The summed E-state index contributed by atoms with van der Waals surface area (Å²) in [7, 11) is 0. The Hall–Kier alpha value is -1.13. The lowest BCUT2D eigenvalue weighted by Crippen LogP contribution is -2.42. The summed E-state index contributed by atoms with van der Waals surface area (Å²) >= 11 is 3.39. The van der Waals surface area contributed by atoms with Gasteiger partial charge in [-0.3, -0.25) is 0 Å². The smallest absolute Gasteiger partial charge is 0.331 e. The van der Waals surface area contributed by atoms with Gasteiger partial charge in [-0.1, -0.05) is 28.1 Å². The maximum atomic E-state index is 12.0. The first-order valence-corrected chi connectivity index (χ1v) is 8.14. The van der Waals surface area contributed by atoms with Crippen molar-refractivity contribution in [2.45, 2.75) is 32.3 Å². The van der Waals surface area contributed by atoms with Crippen LogP contribution in [-0.2, 0) is 9.53 Å². The maximum Gasteiger partial charge on any atom is 0.331 e. The fraction of sp³-hybridized carbons (Fsp3) is 0.471. The van der Waals surface area contributed by atoms with E-state index >= 15 is 0 Å². The molecule has 1 aromatic rings. The summed E-state index contributed by atoms with van der Waals surface area (Å²) in [6.07, 6.45) is 5.40. The van der Waals surface area contributed by atoms with Gasteiger partial charge in [0.25, 0.3) is 0 Å². The largest absolute Gasteiger partial charge is 0.456 e. The lowest BCUT2D eigenvalue weighted by molar-refractivity contribution is -0.156. The summed E-state index contributed by atoms with van der Waals surface area (Å²) < 4.78 is 6.68. The summed E-state index contributed by atoms with van der Waals surface area (Å²) in [5.41, 5.74) is 0.568. The van der Waals surface area contributed by atoms with Crippen molar-refractivity contribution in [3.63, 3.8) is 0 Å². The van der Waals surface area contributed by atoms with Crippen LogP contribution >= 0.6 is 15.9 Å². The molecule has 4 heteroatoms. The Kier molecular flexibility index (Phi) is 5.59. The molecule has 0 radical (unpaired) electrons. The highest BCUT2D eigenvalue weighted by Crippen LogP contribution is 2.29. The third-order valence-corrected chi connectivity index (χ3v) is 4.50. The van der Waals surface area contributed by atoms with Gasteiger partial charge in [-0.2, -0.15) is 0 Å². The molecular weight excluding hydrogens is 330 g/mol. The molecule has 21 heavy (non-hydrogen) atoms. The number of hydrogen-bond donors (Lipinski definition) is 1. The van der Waals surface area contributed by atoms with Gasteiger partial charge in [-0.25, -0.2) is 4.79 Å². The first-order valence-electron chi connectivity index (χ1n) is 7.35. The van der Waals surface area contributed by atoms with Crippen LogP contribution in [-0.4, -0.2) is 24.7 Å². The van der Waals surface area contributed by atoms with E-state index in [1.165, 1.54) is 6.08 Å². The number of esters is 1. The highest BCUT2D eigenvalue weighted by molar-refractivity contribution is 9.10. The molecule has 0 aromatic heterocycles. The summed E-state index contributed by atoms with van der Waals surface area (Å²) in [5.74, 6) is 0.144. The normalized spacial score (nSPS) is 17.1. The summed E-state index contributed by atoms with van der Waals surface area (Å²) in [6.45, 7) is 6.02. The number of carbonyl (C=O) groups is 1. The van der Waals surface area contributed by atoms with Gasteiger partial charge in [0, 0.05) is 16.5 Å². The highest BCUT2D eigenvalue weighted by Gasteiger charge is 2.33. The molecule has 1 fully saturated rings. The molecule has 114 valence electrons. The fourth-order valence-corrected chi connectivity index (χ4v) is 2.90. The minimum Gasteiger partial charge on any atom is -0.456 e. The molecule has 0 spiro atoms. The van der Waals surface area contributed by atoms with Crippen molar-refractivity contribution >= 4 is 28.0 Å². The zero-order valence-electron chi connectivity index (χ0n) is 12.6. The van der Waals surface area contributed by atoms with Crippen LogP contribution in [0.3, 0.4) is 0 Å². The van der Waals surface area contributed by atoms with Crippen LogP contribution in [0.2, 0.25) is 0 Å². The molecule has 1 aliphatic rings. The minimum atomic E-state index is -0.413. The number of ether oxygens (including phenoxy) is 1. The SMILES string of the molecule is CC(C)(OC(=O)/C=C/c1ccc(Br)cc1)C1CCNCC1. The second-order valence-electron chi connectivity index (χ2n) is 5.93. The van der Waals surface area contributed by atoms with Crippen LogP contribution in [0.15, 0.2) is 34.8 Å². The number of piperidine rings is 1. The van der Waals surface area contributed by atoms with Gasteiger partial charge in [-0.15, -0.1) is 0 Å². The van der Waals surface area contributed by atoms with E-state index in [9.17, 15) is 4.79 Å². The zero-order chi connectivity index (χ0) is 15.3. The maximum absolute atomic E-state index is 12.0. The zero-order valence-corrected chi connectivity index (χ0v) is 14.2. The van der Waals surface area contributed by atoms with E-state index in [0.717, 1.165) is 36.0 Å². The lowest BCUT2D eigenvalue weighted by atomic mass is 9.83. The van der Waals surface area contributed by atoms with Crippen LogP contribution in [0, 0.1) is 5.92 Å². The number of halogens is 1. The van der Waals surface area contributed by atoms with E-state index in [0.29, 0.717) is 5.92 Å². The quantitative estimate of drug-likeness (QED) is 0.662. The second kappa shape index (κ2) is 7.23. The van der Waals surface area contributed by atoms with Crippen molar-refractivity contribution in [3.8, 4) is 0 Å². The van der Waals surface area contributed by atoms with Crippen molar-refractivity contribution < 1.29 is 9.53 Å². The molecule has 1 N–H and O–H groups in total. The Morgan fingerprint density at radius 3 is 2.52 bits per heavy atom. The third kappa shape index (κ3) is 4.97. The minimum absolute atomic E-state index is 0.276. The number of rotatable bonds is 4. The van der Waals surface area contributed by atoms with Crippen molar-refractivity contribution in [1.82, 2.24) is 5.32 Å². The molecule has 0 amide bonds. The van der Waals surface area contributed by atoms with E-state index in [1.807, 2.05) is 38.1 Å². The molecule has 1 aromatic carbocycles. The molecule has 0 aliphatic carbocycles. The van der Waals surface area contributed by atoms with Crippen LogP contribution in [0.1, 0.15) is 32.3 Å². The van der Waals surface area contributed by atoms with Gasteiger partial charge in [0.1, 0.15) is 5.60 Å². The number of hydrogen-bond acceptors (Lipinski definition) is 3. The summed E-state index contributed by atoms with van der Waals surface area (Å²) in [4.78, 5) is 12.0. The Balaban J connectivity index is 1.92. The van der Waals surface area contributed by atoms with E-state index in [2.05, 4.69) is 21.2 Å². The standard InChI is InChI=1S/C17H22BrNO2/c1-17(2,14-9-11-19-12-10-14)21-16(20)8-5-13-3-6-15(18)7-4-13/h3-8,14,19H,9-12H2,1-2H3/b8-5+. The van der Waals surface area contributed by atoms with Crippen LogP contribution < -0.4 is 5.32 Å². The Labute approximate surface area is 134 Å². The van der Waals surface area contributed by atoms with E-state index in [1.54, 1.807) is 6.08 Å². The Bertz CT molecular complexity index is 502. The average Bonchev–Trinajstić information content (AvgIpc) is 2.47. The molecular formula is C17H22BrNO2. The molecule has 3 nitrogen and oxygen atoms in total. The van der Waals surface area contributed by atoms with E-state index < -0.39 is 5.60 Å². The van der Waals surface area contributed by atoms with Crippen LogP contribution in [0.4, 0.5) is 0 Å². The molecule has 1 heterocycles. The molecule has 1 saturated heterocycles. The Morgan fingerprint density at radius 2 is 1.90 bits per heavy atom. The van der Waals surface area contributed by atoms with Gasteiger partial charge in [-0.05, 0) is 63.6 Å². The van der Waals surface area contributed by atoms with Crippen molar-refractivity contribution in [2.75, 3.05) is 13.1 Å². The predicted octanol–water partition coefficient (Wildman–Crippen LogP) is 3.78. The number of carbonyl (C=O) groups excluding carboxylic acids is 1. The van der Waals surface area contributed by atoms with Crippen molar-refractivity contribution in [3.05, 3.63) is 40.4 Å². The van der Waals surface area contributed by atoms with Gasteiger partial charge < -0.3 is 10.1 Å². The van der Waals surface area contributed by atoms with Gasteiger partial charge >= 0.3 is 5.97 Å². The molecule has 1 aliphatic heterocycles. The van der Waals surface area contributed by atoms with Gasteiger partial charge in [0.2, 0.25) is 0 Å². The number of benzene rings is 1. The third-order valence-electron chi connectivity index (χ3n) is 3.97. The first kappa shape index (κ1) is 16.2. The van der Waals surface area contributed by atoms with Gasteiger partial charge in [0.05, 0.1) is 0 Å². The highest BCUT2D eigenvalue weighted by atomic mass is 79.9. The fourth-order valence-electron chi connectivity index (χ4n) is 2.63. The molecule has 2 rings (SSSR count). The summed E-state index contributed by atoms with van der Waals surface area (Å²) in [5, 5.41) is 3.33. The van der Waals surface area contributed by atoms with E-state index in [-0.39, 0.29) is 5.97 Å². The van der Waals surface area contributed by atoms with Crippen LogP contribution in [0.5, 0.6) is 0 Å². The number of nitrogens with one attached hydrogen (secondary N) is 1. The molecule has 0 unspecified atom stereocenters. The first-order chi connectivity index (χ1) is 9.97. The average molecular weight is 352 g/mol. The molecule has 0 atom stereocenters. The summed E-state index contributed by atoms with van der Waals surface area (Å²) in [6, 6.07) is 7.80. The molecule has 0 bridgehead atoms. The lowest BCUT2D eigenvalue weighted by Gasteiger charge is -2.36. The van der Waals surface area contributed by atoms with Crippen molar-refractivity contribution in [1.29, 1.82) is 0 Å². The predicted molar refractivity (Wildman–Crippen MR) is 88.9 cm³/mol. The van der Waals surface area contributed by atoms with E-state index in [4.69, 9.17) is 4.74 Å². The second-order valence-corrected chi connectivity index (χ2v) is 6.85.